The van der Waals surface area contributed by atoms with Crippen molar-refractivity contribution < 1.29 is 13.3 Å². The van der Waals surface area contributed by atoms with E-state index in [1.165, 1.54) is 192 Å². The Labute approximate surface area is 766 Å². The molecule has 133 heavy (non-hydrogen) atoms. The van der Waals surface area contributed by atoms with Crippen molar-refractivity contribution in [3.05, 3.63) is 485 Å². The van der Waals surface area contributed by atoms with Crippen LogP contribution in [-0.4, -0.2) is 0 Å². The van der Waals surface area contributed by atoms with E-state index in [0.29, 0.717) is 0 Å². The van der Waals surface area contributed by atoms with Gasteiger partial charge < -0.3 is 13.3 Å². The van der Waals surface area contributed by atoms with Crippen LogP contribution in [0.1, 0.15) is 0 Å². The summed E-state index contributed by atoms with van der Waals surface area (Å²) in [6, 6.07) is 175. The Kier molecular flexibility index (Phi) is 18.3. The Morgan fingerprint density at radius 3 is 0.632 bits per heavy atom. The van der Waals surface area contributed by atoms with Gasteiger partial charge in [0.15, 0.2) is 0 Å². The van der Waals surface area contributed by atoms with Gasteiger partial charge in [0.05, 0.1) is 0 Å². The second-order valence-electron chi connectivity index (χ2n) is 35.0. The Morgan fingerprint density at radius 1 is 0.0977 bits per heavy atom. The number of fused-ring (bicyclic) bond motifs is 22. The van der Waals surface area contributed by atoms with Crippen molar-refractivity contribution in [2.75, 3.05) is 0 Å². The van der Waals surface area contributed by atoms with Crippen molar-refractivity contribution in [2.45, 2.75) is 0 Å². The topological polar surface area (TPSA) is 39.4 Å². The Balaban J connectivity index is 0.000000104. The predicted octanol–water partition coefficient (Wildman–Crippen LogP) is 37.3. The van der Waals surface area contributed by atoms with Crippen LogP contribution in [0.25, 0.3) is 274 Å². The van der Waals surface area contributed by atoms with Crippen LogP contribution in [0, 0.1) is 0 Å². The molecule has 0 spiro atoms. The summed E-state index contributed by atoms with van der Waals surface area (Å²) in [6.07, 6.45) is 0. The van der Waals surface area contributed by atoms with Gasteiger partial charge in [-0.05, 0) is 271 Å². The lowest BCUT2D eigenvalue weighted by Crippen LogP contribution is -1.92. The second kappa shape index (κ2) is 31.8. The van der Waals surface area contributed by atoms with Crippen molar-refractivity contribution in [3.63, 3.8) is 0 Å². The zero-order chi connectivity index (χ0) is 87.6. The molecular weight excluding hydrogens is 1610 g/mol. The van der Waals surface area contributed by atoms with Crippen LogP contribution in [-0.2, 0) is 0 Å². The van der Waals surface area contributed by atoms with Gasteiger partial charge in [-0.3, -0.25) is 0 Å². The lowest BCUT2D eigenvalue weighted by molar-refractivity contribution is 0.672. The van der Waals surface area contributed by atoms with E-state index < -0.39 is 0 Å². The largest absolute Gasteiger partial charge is 0.455 e. The third-order valence-electron chi connectivity index (χ3n) is 27.5. The summed E-state index contributed by atoms with van der Waals surface area (Å²) in [5.74, 6) is 0. The Bertz CT molecular complexity index is 9560. The van der Waals surface area contributed by atoms with Gasteiger partial charge in [0.25, 0.3) is 0 Å². The highest BCUT2D eigenvalue weighted by molar-refractivity contribution is 6.28. The monoisotopic (exact) mass is 1690 g/mol. The number of rotatable bonds is 9. The lowest BCUT2D eigenvalue weighted by atomic mass is 9.84. The molecule has 0 saturated heterocycles. The average molecular weight is 1690 g/mol. The van der Waals surface area contributed by atoms with Gasteiger partial charge in [0, 0.05) is 48.5 Å². The minimum atomic E-state index is 0.909. The summed E-state index contributed by atoms with van der Waals surface area (Å²) in [7, 11) is 0. The van der Waals surface area contributed by atoms with Crippen molar-refractivity contribution in [1.29, 1.82) is 0 Å². The maximum Gasteiger partial charge on any atom is 0.143 e. The zero-order valence-corrected chi connectivity index (χ0v) is 72.4. The molecule has 0 atom stereocenters. The first-order valence-electron chi connectivity index (χ1n) is 45.7. The minimum absolute atomic E-state index is 0.909. The molecule has 0 N–H and O–H groups in total. The summed E-state index contributed by atoms with van der Waals surface area (Å²) in [5.41, 5.74) is 27.7. The van der Waals surface area contributed by atoms with Crippen LogP contribution >= 0.6 is 0 Å². The van der Waals surface area contributed by atoms with Crippen molar-refractivity contribution in [1.82, 2.24) is 0 Å². The molecule has 0 fully saturated rings. The summed E-state index contributed by atoms with van der Waals surface area (Å²) >= 11 is 0. The van der Waals surface area contributed by atoms with Gasteiger partial charge in [-0.15, -0.1) is 0 Å². The Morgan fingerprint density at radius 2 is 0.301 bits per heavy atom. The Hall–Kier alpha value is -17.5. The van der Waals surface area contributed by atoms with Crippen molar-refractivity contribution in [3.8, 4) is 100 Å². The predicted molar refractivity (Wildman–Crippen MR) is 565 cm³/mol. The fourth-order valence-corrected chi connectivity index (χ4v) is 21.4. The molecule has 0 aliphatic carbocycles. The second-order valence-corrected chi connectivity index (χ2v) is 35.0. The molecule has 25 aromatic carbocycles. The molecule has 28 rings (SSSR count). The molecule has 3 nitrogen and oxygen atoms in total. The van der Waals surface area contributed by atoms with Gasteiger partial charge in [-0.25, -0.2) is 0 Å². The van der Waals surface area contributed by atoms with Crippen LogP contribution < -0.4 is 0 Å². The van der Waals surface area contributed by atoms with Gasteiger partial charge >= 0.3 is 0 Å². The molecule has 0 bridgehead atoms. The quantitative estimate of drug-likeness (QED) is 0.135. The molecule has 0 unspecified atom stereocenters. The van der Waals surface area contributed by atoms with Crippen LogP contribution in [0.5, 0.6) is 0 Å². The normalized spacial score (nSPS) is 11.8. The van der Waals surface area contributed by atoms with E-state index in [1.54, 1.807) is 0 Å². The van der Waals surface area contributed by atoms with Crippen molar-refractivity contribution in [2.24, 2.45) is 0 Å². The third-order valence-corrected chi connectivity index (χ3v) is 27.5. The van der Waals surface area contributed by atoms with E-state index in [9.17, 15) is 0 Å². The summed E-state index contributed by atoms with van der Waals surface area (Å²) < 4.78 is 19.5. The molecule has 3 heterocycles. The van der Waals surface area contributed by atoms with Gasteiger partial charge in [-0.2, -0.15) is 0 Å². The zero-order valence-electron chi connectivity index (χ0n) is 72.4. The first kappa shape index (κ1) is 76.7. The fraction of sp³-hybridized carbons (Fsp3) is 0. The fourth-order valence-electron chi connectivity index (χ4n) is 21.4. The summed E-state index contributed by atoms with van der Waals surface area (Å²) in [6.45, 7) is 0. The molecule has 3 heteroatoms. The smallest absolute Gasteiger partial charge is 0.143 e. The van der Waals surface area contributed by atoms with Gasteiger partial charge in [-0.1, -0.05) is 406 Å². The minimum Gasteiger partial charge on any atom is -0.455 e. The molecule has 618 valence electrons. The van der Waals surface area contributed by atoms with E-state index in [2.05, 4.69) is 485 Å². The molecule has 0 radical (unpaired) electrons. The van der Waals surface area contributed by atoms with E-state index in [4.69, 9.17) is 13.3 Å². The highest BCUT2D eigenvalue weighted by Gasteiger charge is 2.25. The van der Waals surface area contributed by atoms with Crippen LogP contribution in [0.15, 0.2) is 499 Å². The molecule has 0 saturated carbocycles. The maximum absolute atomic E-state index is 6.52. The number of hydrogen-bond acceptors (Lipinski definition) is 3. The van der Waals surface area contributed by atoms with Crippen LogP contribution in [0.3, 0.4) is 0 Å². The van der Waals surface area contributed by atoms with Gasteiger partial charge in [0.1, 0.15) is 33.5 Å². The number of hydrogen-bond donors (Lipinski definition) is 0. The van der Waals surface area contributed by atoms with E-state index in [0.717, 1.165) is 82.0 Å². The van der Waals surface area contributed by atoms with Crippen LogP contribution in [0.2, 0.25) is 0 Å². The first-order chi connectivity index (χ1) is 66.0. The van der Waals surface area contributed by atoms with E-state index in [-0.39, 0.29) is 0 Å². The van der Waals surface area contributed by atoms with E-state index >= 15 is 0 Å². The number of furan rings is 3. The molecule has 3 aromatic heterocycles. The highest BCUT2D eigenvalue weighted by atomic mass is 16.3. The third kappa shape index (κ3) is 13.0. The molecule has 28 aromatic rings. The van der Waals surface area contributed by atoms with Crippen LogP contribution in [0.4, 0.5) is 0 Å². The first-order valence-corrected chi connectivity index (χ1v) is 45.7. The molecule has 0 amide bonds. The highest BCUT2D eigenvalue weighted by Crippen LogP contribution is 2.52. The molecule has 0 aliphatic heterocycles. The van der Waals surface area contributed by atoms with Crippen molar-refractivity contribution >= 4 is 174 Å². The average Bonchev–Trinajstić information content (AvgIpc) is 1.61. The summed E-state index contributed by atoms with van der Waals surface area (Å²) in [4.78, 5) is 0. The standard InChI is InChI=1S/C46H28O.2C42H26O/c1-2-12-31(13-3-1)44-37-16-8-9-17-38(37)45(42-27-34(21-23-39(42)44)33-19-18-29-10-4-5-14-32(29)26-33)35-22-25-43-41(28-35)40-24-20-30-11-6-7-15-36(30)46(40)47-43;1-3-11-27(12-4-1)30-20-22-35-38(25-30)40(29-14-5-2-6-15-29)33-17-9-10-18-34(33)41(35)31-21-24-39-37(26-31)36-23-19-28-13-7-8-16-32(28)42(36)43-39;1-3-11-27(12-4-1)30-20-22-35-38(25-30)41(34-18-10-9-17-33(34)40(35)29-14-5-2-6-15-29)31-21-24-39-37(26-31)36-23-19-28-13-7-8-16-32(28)42(36)43-39/h1-28H;2*1-26H. The maximum atomic E-state index is 6.52. The molecule has 0 aliphatic rings. The SMILES string of the molecule is c1ccc(-c2c3ccccc3c(-c3ccc4oc5c6ccccc6ccc5c4c3)c3cc(-c4ccc5ccccc5c4)ccc23)cc1.c1ccc(-c2ccc3c(-c4ccc5oc6c7ccccc7ccc6c5c4)c4ccccc4c(-c4ccccc4)c3c2)cc1.c1ccc(-c2ccc3c(-c4ccccc4)c4ccccc4c(-c4ccc5oc6c7ccccc7ccc6c5c4)c3c2)cc1. The van der Waals surface area contributed by atoms with Gasteiger partial charge in [0.2, 0.25) is 0 Å². The summed E-state index contributed by atoms with van der Waals surface area (Å²) in [5, 5.41) is 31.4. The number of benzene rings is 25. The molecular formula is C130H80O3. The van der Waals surface area contributed by atoms with E-state index in [1.807, 2.05) is 0 Å². The lowest BCUT2D eigenvalue weighted by Gasteiger charge is -2.19.